The third kappa shape index (κ3) is 4.24. The average Bonchev–Trinajstić information content (AvgIpc) is 2.95. The highest BCUT2D eigenvalue weighted by atomic mass is 16.3. The van der Waals surface area contributed by atoms with Crippen molar-refractivity contribution < 1.29 is 9.21 Å². The van der Waals surface area contributed by atoms with Gasteiger partial charge in [0.25, 0.3) is 11.5 Å². The zero-order valence-corrected chi connectivity index (χ0v) is 16.7. The third-order valence-corrected chi connectivity index (χ3v) is 5.27. The molecule has 0 aliphatic carbocycles. The SMILES string of the molecule is Cc1oc2ncn(CC(C)C)c(=O)c2c1C(=O)NCCN1CCCCC1C. The minimum absolute atomic E-state index is 0.222. The first-order valence-electron chi connectivity index (χ1n) is 9.89. The van der Waals surface area contributed by atoms with E-state index >= 15 is 0 Å². The number of nitrogens with one attached hydrogen (secondary N) is 1. The number of hydrogen-bond donors (Lipinski definition) is 1. The van der Waals surface area contributed by atoms with Crippen LogP contribution in [-0.2, 0) is 6.54 Å². The molecule has 0 aromatic carbocycles. The summed E-state index contributed by atoms with van der Waals surface area (Å²) in [5, 5.41) is 3.23. The number of piperidine rings is 1. The van der Waals surface area contributed by atoms with Crippen molar-refractivity contribution in [3.63, 3.8) is 0 Å². The first-order chi connectivity index (χ1) is 12.9. The number of amides is 1. The number of likely N-dealkylation sites (tertiary alicyclic amines) is 1. The number of carbonyl (C=O) groups excluding carboxylic acids is 1. The Hall–Kier alpha value is -2.15. The molecule has 7 heteroatoms. The van der Waals surface area contributed by atoms with Crippen molar-refractivity contribution in [2.24, 2.45) is 5.92 Å². The van der Waals surface area contributed by atoms with Crippen LogP contribution >= 0.6 is 0 Å². The Morgan fingerprint density at radius 2 is 2.19 bits per heavy atom. The van der Waals surface area contributed by atoms with Gasteiger partial charge in [0.1, 0.15) is 17.5 Å². The minimum Gasteiger partial charge on any atom is -0.442 e. The summed E-state index contributed by atoms with van der Waals surface area (Å²) in [5.74, 6) is 0.469. The van der Waals surface area contributed by atoms with Crippen molar-refractivity contribution >= 4 is 17.0 Å². The van der Waals surface area contributed by atoms with E-state index in [2.05, 4.69) is 22.1 Å². The molecule has 2 aromatic heterocycles. The summed E-state index contributed by atoms with van der Waals surface area (Å²) in [6, 6.07) is 0.555. The van der Waals surface area contributed by atoms with Crippen molar-refractivity contribution in [2.75, 3.05) is 19.6 Å². The van der Waals surface area contributed by atoms with Crippen molar-refractivity contribution in [1.29, 1.82) is 0 Å². The van der Waals surface area contributed by atoms with Crippen LogP contribution < -0.4 is 10.9 Å². The van der Waals surface area contributed by atoms with Gasteiger partial charge in [0, 0.05) is 25.7 Å². The lowest BCUT2D eigenvalue weighted by Gasteiger charge is -2.33. The predicted molar refractivity (Wildman–Crippen MR) is 105 cm³/mol. The summed E-state index contributed by atoms with van der Waals surface area (Å²) in [7, 11) is 0. The van der Waals surface area contributed by atoms with Crippen LogP contribution in [0.15, 0.2) is 15.5 Å². The van der Waals surface area contributed by atoms with Gasteiger partial charge in [-0.05, 0) is 39.2 Å². The van der Waals surface area contributed by atoms with Gasteiger partial charge in [-0.25, -0.2) is 4.98 Å². The molecule has 0 spiro atoms. The number of fused-ring (bicyclic) bond motifs is 1. The molecule has 1 amide bonds. The second-order valence-corrected chi connectivity index (χ2v) is 7.95. The van der Waals surface area contributed by atoms with E-state index in [1.54, 1.807) is 11.5 Å². The molecule has 3 rings (SSSR count). The molecule has 1 unspecified atom stereocenters. The highest BCUT2D eigenvalue weighted by Crippen LogP contribution is 2.21. The number of nitrogens with zero attached hydrogens (tertiary/aromatic N) is 3. The zero-order valence-electron chi connectivity index (χ0n) is 16.7. The van der Waals surface area contributed by atoms with Gasteiger partial charge in [-0.3, -0.25) is 19.1 Å². The zero-order chi connectivity index (χ0) is 19.6. The Morgan fingerprint density at radius 1 is 1.41 bits per heavy atom. The van der Waals surface area contributed by atoms with Crippen molar-refractivity contribution in [2.45, 2.75) is 59.5 Å². The first kappa shape index (κ1) is 19.6. The van der Waals surface area contributed by atoms with Crippen LogP contribution in [0.2, 0.25) is 0 Å². The molecule has 1 aliphatic rings. The van der Waals surface area contributed by atoms with Gasteiger partial charge in [-0.2, -0.15) is 0 Å². The molecule has 1 fully saturated rings. The largest absolute Gasteiger partial charge is 0.442 e. The van der Waals surface area contributed by atoms with Gasteiger partial charge >= 0.3 is 0 Å². The van der Waals surface area contributed by atoms with Crippen molar-refractivity contribution in [3.05, 3.63) is 28.0 Å². The van der Waals surface area contributed by atoms with E-state index in [9.17, 15) is 9.59 Å². The second kappa shape index (κ2) is 8.25. The number of carbonyl (C=O) groups is 1. The Balaban J connectivity index is 1.77. The maximum Gasteiger partial charge on any atom is 0.265 e. The van der Waals surface area contributed by atoms with E-state index in [0.29, 0.717) is 36.4 Å². The maximum atomic E-state index is 12.8. The summed E-state index contributed by atoms with van der Waals surface area (Å²) < 4.78 is 7.13. The van der Waals surface area contributed by atoms with Gasteiger partial charge in [0.15, 0.2) is 0 Å². The lowest BCUT2D eigenvalue weighted by Crippen LogP contribution is -2.42. The van der Waals surface area contributed by atoms with Gasteiger partial charge in [0.05, 0.1) is 5.56 Å². The van der Waals surface area contributed by atoms with E-state index in [4.69, 9.17) is 4.42 Å². The summed E-state index contributed by atoms with van der Waals surface area (Å²) in [4.78, 5) is 32.3. The number of hydrogen-bond acceptors (Lipinski definition) is 5. The van der Waals surface area contributed by atoms with Crippen LogP contribution in [0.3, 0.4) is 0 Å². The standard InChI is InChI=1S/C20H30N4O3/c1-13(2)11-24-12-22-19-17(20(24)26)16(15(4)27-19)18(25)21-8-10-23-9-6-5-7-14(23)3/h12-14H,5-11H2,1-4H3,(H,21,25). The smallest absolute Gasteiger partial charge is 0.265 e. The summed E-state index contributed by atoms with van der Waals surface area (Å²) in [6.45, 7) is 11.0. The van der Waals surface area contributed by atoms with Gasteiger partial charge in [-0.15, -0.1) is 0 Å². The third-order valence-electron chi connectivity index (χ3n) is 5.27. The Labute approximate surface area is 159 Å². The fraction of sp³-hybridized carbons (Fsp3) is 0.650. The van der Waals surface area contributed by atoms with E-state index in [1.165, 1.54) is 25.6 Å². The summed E-state index contributed by atoms with van der Waals surface area (Å²) >= 11 is 0. The fourth-order valence-corrected chi connectivity index (χ4v) is 3.83. The normalized spacial score (nSPS) is 18.3. The molecule has 0 radical (unpaired) electrons. The van der Waals surface area contributed by atoms with Crippen LogP contribution in [0.4, 0.5) is 0 Å². The van der Waals surface area contributed by atoms with Gasteiger partial charge in [0.2, 0.25) is 5.71 Å². The number of aryl methyl sites for hydroxylation is 1. The fourth-order valence-electron chi connectivity index (χ4n) is 3.83. The topological polar surface area (TPSA) is 80.4 Å². The molecular weight excluding hydrogens is 344 g/mol. The van der Waals surface area contributed by atoms with E-state index in [1.807, 2.05) is 13.8 Å². The molecule has 1 aliphatic heterocycles. The van der Waals surface area contributed by atoms with Crippen molar-refractivity contribution in [1.82, 2.24) is 19.8 Å². The molecule has 1 saturated heterocycles. The Morgan fingerprint density at radius 3 is 2.89 bits per heavy atom. The van der Waals surface area contributed by atoms with Crippen LogP contribution in [0, 0.1) is 12.8 Å². The van der Waals surface area contributed by atoms with Crippen molar-refractivity contribution in [3.8, 4) is 0 Å². The highest BCUT2D eigenvalue weighted by molar-refractivity contribution is 6.06. The van der Waals surface area contributed by atoms with Gasteiger partial charge < -0.3 is 9.73 Å². The molecule has 148 valence electrons. The van der Waals surface area contributed by atoms with Crippen LogP contribution in [0.25, 0.3) is 11.1 Å². The van der Waals surface area contributed by atoms with Gasteiger partial charge in [-0.1, -0.05) is 20.3 Å². The minimum atomic E-state index is -0.267. The monoisotopic (exact) mass is 374 g/mol. The Kier molecular flexibility index (Phi) is 5.99. The molecular formula is C20H30N4O3. The Bertz CT molecular complexity index is 868. The van der Waals surface area contributed by atoms with E-state index < -0.39 is 0 Å². The lowest BCUT2D eigenvalue weighted by molar-refractivity contribution is 0.0938. The molecule has 0 bridgehead atoms. The predicted octanol–water partition coefficient (Wildman–Crippen LogP) is 2.56. The highest BCUT2D eigenvalue weighted by Gasteiger charge is 2.23. The molecule has 1 atom stereocenters. The van der Waals surface area contributed by atoms with Crippen LogP contribution in [-0.4, -0.2) is 46.0 Å². The number of aromatic nitrogens is 2. The molecule has 1 N–H and O–H groups in total. The molecule has 3 heterocycles. The molecule has 7 nitrogen and oxygen atoms in total. The summed E-state index contributed by atoms with van der Waals surface area (Å²) in [6.07, 6.45) is 5.19. The second-order valence-electron chi connectivity index (χ2n) is 7.95. The first-order valence-corrected chi connectivity index (χ1v) is 9.89. The van der Waals surface area contributed by atoms with Crippen LogP contribution in [0.5, 0.6) is 0 Å². The van der Waals surface area contributed by atoms with E-state index in [0.717, 1.165) is 13.1 Å². The molecule has 27 heavy (non-hydrogen) atoms. The van der Waals surface area contributed by atoms with Crippen LogP contribution in [0.1, 0.15) is 56.2 Å². The quantitative estimate of drug-likeness (QED) is 0.840. The molecule has 2 aromatic rings. The number of furan rings is 1. The maximum absolute atomic E-state index is 12.8. The summed E-state index contributed by atoms with van der Waals surface area (Å²) in [5.41, 5.74) is 0.319. The lowest BCUT2D eigenvalue weighted by atomic mass is 10.0. The van der Waals surface area contributed by atoms with E-state index in [-0.39, 0.29) is 22.6 Å². The average molecular weight is 374 g/mol. The number of rotatable bonds is 6. The molecule has 0 saturated carbocycles.